The Morgan fingerprint density at radius 1 is 1.48 bits per heavy atom. The molecule has 0 radical (unpaired) electrons. The smallest absolute Gasteiger partial charge is 0.308 e. The molecule has 1 aromatic rings. The van der Waals surface area contributed by atoms with Gasteiger partial charge in [-0.2, -0.15) is 0 Å². The minimum Gasteiger partial charge on any atom is -0.455 e. The monoisotopic (exact) mass is 401 g/mol. The number of Topliss-reactive ketones (excluding diaryl/α,β-unsaturated/α-hetero) is 1. The van der Waals surface area contributed by atoms with E-state index in [-0.39, 0.29) is 24.0 Å². The van der Waals surface area contributed by atoms with Gasteiger partial charge >= 0.3 is 5.97 Å². The molecular formula is C15H16BrNO5S. The molecule has 1 atom stereocenters. The summed E-state index contributed by atoms with van der Waals surface area (Å²) in [6.45, 7) is 2.77. The molecule has 0 saturated heterocycles. The van der Waals surface area contributed by atoms with Gasteiger partial charge in [-0.3, -0.25) is 19.7 Å². The largest absolute Gasteiger partial charge is 0.455 e. The molecule has 1 N–H and O–H groups in total. The third-order valence-corrected chi connectivity index (χ3v) is 4.81. The molecule has 6 nitrogen and oxygen atoms in total. The van der Waals surface area contributed by atoms with Gasteiger partial charge in [0.25, 0.3) is 5.78 Å². The molecule has 23 heavy (non-hydrogen) atoms. The first-order chi connectivity index (χ1) is 10.9. The number of thiophene rings is 1. The van der Waals surface area contributed by atoms with Gasteiger partial charge in [0.15, 0.2) is 0 Å². The molecule has 0 spiro atoms. The molecule has 0 saturated carbocycles. The van der Waals surface area contributed by atoms with Crippen molar-refractivity contribution in [1.29, 1.82) is 0 Å². The van der Waals surface area contributed by atoms with Gasteiger partial charge in [0.05, 0.1) is 4.88 Å². The second-order valence-corrected chi connectivity index (χ2v) is 6.78. The number of hydrogen-bond donors (Lipinski definition) is 1. The van der Waals surface area contributed by atoms with Gasteiger partial charge in [-0.05, 0) is 24.8 Å². The van der Waals surface area contributed by atoms with Gasteiger partial charge < -0.3 is 9.47 Å². The van der Waals surface area contributed by atoms with Crippen molar-refractivity contribution in [2.45, 2.75) is 32.3 Å². The zero-order valence-electron chi connectivity index (χ0n) is 12.7. The number of ether oxygens (including phenoxy) is 2. The number of ketones is 1. The van der Waals surface area contributed by atoms with Crippen LogP contribution < -0.4 is 5.32 Å². The second kappa shape index (κ2) is 7.27. The molecule has 1 aromatic heterocycles. The normalized spacial score (nSPS) is 20.4. The van der Waals surface area contributed by atoms with Crippen LogP contribution in [-0.4, -0.2) is 23.0 Å². The van der Waals surface area contributed by atoms with Crippen LogP contribution in [0, 0.1) is 0 Å². The van der Waals surface area contributed by atoms with Gasteiger partial charge in [-0.1, -0.05) is 22.0 Å². The van der Waals surface area contributed by atoms with Crippen LogP contribution in [0.4, 0.5) is 0 Å². The van der Waals surface area contributed by atoms with Crippen LogP contribution in [0.15, 0.2) is 29.2 Å². The van der Waals surface area contributed by atoms with Gasteiger partial charge in [0.2, 0.25) is 23.2 Å². The Hall–Kier alpha value is -1.67. The van der Waals surface area contributed by atoms with Crippen molar-refractivity contribution in [1.82, 2.24) is 5.32 Å². The Labute approximate surface area is 146 Å². The average molecular weight is 402 g/mol. The van der Waals surface area contributed by atoms with Crippen molar-refractivity contribution in [3.63, 3.8) is 0 Å². The molecule has 0 fully saturated rings. The van der Waals surface area contributed by atoms with Crippen molar-refractivity contribution in [3.8, 4) is 0 Å². The topological polar surface area (TPSA) is 81.7 Å². The van der Waals surface area contributed by atoms with E-state index in [1.807, 2.05) is 5.38 Å². The zero-order valence-corrected chi connectivity index (χ0v) is 15.1. The predicted molar refractivity (Wildman–Crippen MR) is 87.7 cm³/mol. The first kappa shape index (κ1) is 17.7. The van der Waals surface area contributed by atoms with E-state index in [0.29, 0.717) is 16.6 Å². The highest BCUT2D eigenvalue weighted by atomic mass is 79.9. The maximum Gasteiger partial charge on any atom is 0.308 e. The molecular weight excluding hydrogens is 386 g/mol. The summed E-state index contributed by atoms with van der Waals surface area (Å²) in [4.78, 5) is 36.5. The average Bonchev–Trinajstić information content (AvgIpc) is 3.09. The number of halogens is 1. The van der Waals surface area contributed by atoms with E-state index in [2.05, 4.69) is 21.2 Å². The third-order valence-electron chi connectivity index (χ3n) is 3.18. The fraction of sp³-hybridized carbons (Fsp3) is 0.400. The second-order valence-electron chi connectivity index (χ2n) is 5.03. The summed E-state index contributed by atoms with van der Waals surface area (Å²) < 4.78 is 10.7. The van der Waals surface area contributed by atoms with Crippen LogP contribution in [0.3, 0.4) is 0 Å². The summed E-state index contributed by atoms with van der Waals surface area (Å²) in [6.07, 6.45) is 0.896. The maximum absolute atomic E-state index is 12.7. The Kier molecular flexibility index (Phi) is 5.59. The van der Waals surface area contributed by atoms with Crippen LogP contribution in [0.1, 0.15) is 31.6 Å². The molecule has 0 aliphatic carbocycles. The molecule has 1 amide bonds. The van der Waals surface area contributed by atoms with Gasteiger partial charge in [0, 0.05) is 18.7 Å². The molecule has 2 heterocycles. The van der Waals surface area contributed by atoms with E-state index in [4.69, 9.17) is 9.47 Å². The van der Waals surface area contributed by atoms with E-state index in [9.17, 15) is 14.4 Å². The summed E-state index contributed by atoms with van der Waals surface area (Å²) in [7, 11) is 0. The lowest BCUT2D eigenvalue weighted by Crippen LogP contribution is -2.31. The molecule has 1 aliphatic heterocycles. The Morgan fingerprint density at radius 2 is 2.22 bits per heavy atom. The highest BCUT2D eigenvalue weighted by molar-refractivity contribution is 9.09. The summed E-state index contributed by atoms with van der Waals surface area (Å²) >= 11 is 4.59. The Morgan fingerprint density at radius 3 is 2.78 bits per heavy atom. The predicted octanol–water partition coefficient (Wildman–Crippen LogP) is 2.59. The van der Waals surface area contributed by atoms with Crippen LogP contribution >= 0.6 is 27.3 Å². The lowest BCUT2D eigenvalue weighted by molar-refractivity contribution is -0.142. The van der Waals surface area contributed by atoms with Gasteiger partial charge in [0.1, 0.15) is 0 Å². The minimum absolute atomic E-state index is 0.110. The highest BCUT2D eigenvalue weighted by Gasteiger charge is 2.50. The van der Waals surface area contributed by atoms with Crippen molar-refractivity contribution in [3.05, 3.63) is 34.0 Å². The quantitative estimate of drug-likeness (QED) is 0.584. The molecule has 1 aliphatic rings. The Bertz CT molecular complexity index is 655. The number of carbonyl (C=O) groups excluding carboxylic acids is 3. The molecule has 8 heteroatoms. The highest BCUT2D eigenvalue weighted by Crippen LogP contribution is 2.40. The first-order valence-corrected chi connectivity index (χ1v) is 8.95. The standard InChI is InChI=1S/C15H16BrNO5S/c1-9(18)21-12-13(20)15(2,10-5-4-8-23-10)22-14(12)17-11(19)6-3-7-16/h4-5,8H,3,6-7H2,1-2H3,(H,17,19). The van der Waals surface area contributed by atoms with Crippen molar-refractivity contribution >= 4 is 44.9 Å². The SMILES string of the molecule is CC(=O)OC1=C(NC(=O)CCCBr)OC(C)(c2cccs2)C1=O. The molecule has 0 bridgehead atoms. The number of carbonyl (C=O) groups is 3. The molecule has 124 valence electrons. The third kappa shape index (κ3) is 3.81. The van der Waals surface area contributed by atoms with Crippen LogP contribution in [0.2, 0.25) is 0 Å². The summed E-state index contributed by atoms with van der Waals surface area (Å²) in [5, 5.41) is 5.02. The number of rotatable bonds is 6. The van der Waals surface area contributed by atoms with E-state index < -0.39 is 17.4 Å². The summed E-state index contributed by atoms with van der Waals surface area (Å²) in [5.41, 5.74) is -1.31. The van der Waals surface area contributed by atoms with E-state index in [0.717, 1.165) is 0 Å². The van der Waals surface area contributed by atoms with Crippen molar-refractivity contribution < 1.29 is 23.9 Å². The molecule has 1 unspecified atom stereocenters. The number of hydrogen-bond acceptors (Lipinski definition) is 6. The fourth-order valence-electron chi connectivity index (χ4n) is 2.06. The first-order valence-electron chi connectivity index (χ1n) is 6.94. The fourth-order valence-corrected chi connectivity index (χ4v) is 3.16. The van der Waals surface area contributed by atoms with Crippen molar-refractivity contribution in [2.24, 2.45) is 0 Å². The lowest BCUT2D eigenvalue weighted by atomic mass is 9.99. The summed E-state index contributed by atoms with van der Waals surface area (Å²) in [6, 6.07) is 3.55. The van der Waals surface area contributed by atoms with E-state index in [1.54, 1.807) is 19.1 Å². The summed E-state index contributed by atoms with van der Waals surface area (Å²) in [5.74, 6) is -1.83. The van der Waals surface area contributed by atoms with Gasteiger partial charge in [-0.25, -0.2) is 0 Å². The van der Waals surface area contributed by atoms with Crippen LogP contribution in [-0.2, 0) is 29.5 Å². The maximum atomic E-state index is 12.7. The van der Waals surface area contributed by atoms with E-state index in [1.165, 1.54) is 18.3 Å². The Balaban J connectivity index is 2.27. The number of amides is 1. The lowest BCUT2D eigenvalue weighted by Gasteiger charge is -2.21. The number of alkyl halides is 1. The van der Waals surface area contributed by atoms with Crippen LogP contribution in [0.5, 0.6) is 0 Å². The molecule has 2 rings (SSSR count). The molecule has 0 aromatic carbocycles. The minimum atomic E-state index is -1.31. The van der Waals surface area contributed by atoms with Gasteiger partial charge in [-0.15, -0.1) is 11.3 Å². The van der Waals surface area contributed by atoms with E-state index >= 15 is 0 Å². The number of esters is 1. The number of nitrogens with one attached hydrogen (secondary N) is 1. The zero-order chi connectivity index (χ0) is 17.0. The van der Waals surface area contributed by atoms with Crippen molar-refractivity contribution in [2.75, 3.05) is 5.33 Å². The van der Waals surface area contributed by atoms with Crippen LogP contribution in [0.25, 0.3) is 0 Å².